The van der Waals surface area contributed by atoms with Gasteiger partial charge in [-0.2, -0.15) is 0 Å². The highest BCUT2D eigenvalue weighted by Gasteiger charge is 2.44. The third kappa shape index (κ3) is 3.66. The molecule has 1 N–H and O–H groups in total. The Balaban J connectivity index is 1.77. The Morgan fingerprint density at radius 2 is 2.10 bits per heavy atom. The van der Waals surface area contributed by atoms with Crippen LogP contribution in [0.4, 0.5) is 0 Å². The fourth-order valence-electron chi connectivity index (χ4n) is 3.82. The van der Waals surface area contributed by atoms with Crippen LogP contribution in [-0.2, 0) is 9.53 Å². The molecule has 0 radical (unpaired) electrons. The third-order valence-corrected chi connectivity index (χ3v) is 5.25. The number of amides is 1. The van der Waals surface area contributed by atoms with Crippen LogP contribution in [0.1, 0.15) is 28.6 Å². The number of ether oxygens (including phenoxy) is 2. The lowest BCUT2D eigenvalue weighted by molar-refractivity contribution is -0.129. The van der Waals surface area contributed by atoms with Gasteiger partial charge in [-0.25, -0.2) is 0 Å². The second kappa shape index (κ2) is 8.61. The number of carbonyl (C=O) groups excluding carboxylic acids is 2. The first-order chi connectivity index (χ1) is 15.1. The number of ketones is 1. The number of furan rings is 1. The van der Waals surface area contributed by atoms with Crippen molar-refractivity contribution in [2.75, 3.05) is 27.4 Å². The molecule has 0 saturated carbocycles. The monoisotopic (exact) mass is 422 g/mol. The van der Waals surface area contributed by atoms with Gasteiger partial charge in [-0.05, 0) is 30.2 Å². The maximum Gasteiger partial charge on any atom is 0.290 e. The normalized spacial score (nSPS) is 16.4. The predicted octanol–water partition coefficient (Wildman–Crippen LogP) is 3.45. The molecule has 1 amide bonds. The van der Waals surface area contributed by atoms with Crippen molar-refractivity contribution in [3.63, 3.8) is 0 Å². The molecule has 0 bridgehead atoms. The largest absolute Gasteiger partial charge is 0.503 e. The zero-order valence-electron chi connectivity index (χ0n) is 17.2. The molecule has 3 aromatic rings. The number of rotatable bonds is 8. The summed E-state index contributed by atoms with van der Waals surface area (Å²) in [6, 6.07) is 9.60. The SMILES string of the molecule is COCCCN1C(=O)C(O)=C(C(=O)c2cc3cccc(OC)c3o2)C1c1cccnc1. The molecule has 8 nitrogen and oxygen atoms in total. The number of para-hydroxylation sites is 1. The van der Waals surface area contributed by atoms with Crippen molar-refractivity contribution in [2.24, 2.45) is 0 Å². The lowest BCUT2D eigenvalue weighted by Gasteiger charge is -2.26. The first-order valence-electron chi connectivity index (χ1n) is 9.81. The number of Topliss-reactive ketones (excluding diaryl/α,β-unsaturated/α-hetero) is 1. The summed E-state index contributed by atoms with van der Waals surface area (Å²) >= 11 is 0. The highest BCUT2D eigenvalue weighted by Crippen LogP contribution is 2.40. The minimum absolute atomic E-state index is 0.0153. The van der Waals surface area contributed by atoms with Gasteiger partial charge < -0.3 is 23.9 Å². The van der Waals surface area contributed by atoms with Gasteiger partial charge in [0.2, 0.25) is 5.78 Å². The van der Waals surface area contributed by atoms with E-state index >= 15 is 0 Å². The van der Waals surface area contributed by atoms with Crippen LogP contribution in [0.3, 0.4) is 0 Å². The van der Waals surface area contributed by atoms with E-state index in [4.69, 9.17) is 13.9 Å². The molecule has 8 heteroatoms. The molecule has 0 saturated heterocycles. The van der Waals surface area contributed by atoms with Crippen LogP contribution in [0, 0.1) is 0 Å². The summed E-state index contributed by atoms with van der Waals surface area (Å²) in [6.45, 7) is 0.748. The molecule has 0 spiro atoms. The Hall–Kier alpha value is -3.65. The molecular weight excluding hydrogens is 400 g/mol. The maximum absolute atomic E-state index is 13.5. The predicted molar refractivity (Wildman–Crippen MR) is 112 cm³/mol. The highest BCUT2D eigenvalue weighted by atomic mass is 16.5. The number of hydrogen-bond acceptors (Lipinski definition) is 7. The average Bonchev–Trinajstić information content (AvgIpc) is 3.34. The van der Waals surface area contributed by atoms with E-state index in [9.17, 15) is 14.7 Å². The molecule has 1 aromatic carbocycles. The molecule has 1 aliphatic rings. The number of carbonyl (C=O) groups is 2. The number of methoxy groups -OCH3 is 2. The molecule has 4 rings (SSSR count). The number of aliphatic hydroxyl groups excluding tert-OH is 1. The lowest BCUT2D eigenvalue weighted by Crippen LogP contribution is -2.32. The van der Waals surface area contributed by atoms with Crippen molar-refractivity contribution >= 4 is 22.7 Å². The van der Waals surface area contributed by atoms with E-state index in [0.29, 0.717) is 41.9 Å². The van der Waals surface area contributed by atoms with Crippen LogP contribution in [0.5, 0.6) is 5.75 Å². The van der Waals surface area contributed by atoms with E-state index in [0.717, 1.165) is 0 Å². The molecule has 1 unspecified atom stereocenters. The number of pyridine rings is 1. The van der Waals surface area contributed by atoms with E-state index in [-0.39, 0.29) is 11.3 Å². The second-order valence-corrected chi connectivity index (χ2v) is 7.11. The standard InChI is InChI=1S/C23H22N2O6/c1-29-11-5-10-25-19(15-7-4-9-24-13-15)18(21(27)23(25)28)20(26)17-12-14-6-3-8-16(30-2)22(14)31-17/h3-4,6-9,12-13,19,27H,5,10-11H2,1-2H3. The summed E-state index contributed by atoms with van der Waals surface area (Å²) in [5, 5.41) is 11.4. The van der Waals surface area contributed by atoms with Gasteiger partial charge in [0.05, 0.1) is 18.7 Å². The van der Waals surface area contributed by atoms with Crippen molar-refractivity contribution in [3.8, 4) is 5.75 Å². The van der Waals surface area contributed by atoms with Gasteiger partial charge in [0, 0.05) is 38.0 Å². The molecule has 0 aliphatic carbocycles. The van der Waals surface area contributed by atoms with Gasteiger partial charge in [-0.1, -0.05) is 18.2 Å². The van der Waals surface area contributed by atoms with Gasteiger partial charge in [-0.3, -0.25) is 14.6 Å². The lowest BCUT2D eigenvalue weighted by atomic mass is 9.96. The fourth-order valence-corrected chi connectivity index (χ4v) is 3.82. The summed E-state index contributed by atoms with van der Waals surface area (Å²) in [6.07, 6.45) is 3.73. The van der Waals surface area contributed by atoms with Gasteiger partial charge in [0.25, 0.3) is 5.91 Å². The van der Waals surface area contributed by atoms with E-state index in [2.05, 4.69) is 4.98 Å². The van der Waals surface area contributed by atoms with Crippen molar-refractivity contribution < 1.29 is 28.6 Å². The molecule has 3 heterocycles. The van der Waals surface area contributed by atoms with Crippen molar-refractivity contribution in [1.29, 1.82) is 0 Å². The van der Waals surface area contributed by atoms with Crippen LogP contribution in [0.15, 0.2) is 64.5 Å². The van der Waals surface area contributed by atoms with E-state index in [1.807, 2.05) is 0 Å². The van der Waals surface area contributed by atoms with E-state index in [1.54, 1.807) is 55.9 Å². The summed E-state index contributed by atoms with van der Waals surface area (Å²) in [7, 11) is 3.09. The number of nitrogens with zero attached hydrogens (tertiary/aromatic N) is 2. The number of aliphatic hydroxyl groups is 1. The van der Waals surface area contributed by atoms with Crippen LogP contribution in [-0.4, -0.2) is 54.1 Å². The zero-order chi connectivity index (χ0) is 22.0. The Labute approximate surface area is 178 Å². The average molecular weight is 422 g/mol. The van der Waals surface area contributed by atoms with Crippen LogP contribution in [0.25, 0.3) is 11.0 Å². The molecule has 1 atom stereocenters. The van der Waals surface area contributed by atoms with Gasteiger partial charge in [0.1, 0.15) is 0 Å². The molecule has 0 fully saturated rings. The topological polar surface area (TPSA) is 102 Å². The van der Waals surface area contributed by atoms with E-state index in [1.165, 1.54) is 12.0 Å². The Kier molecular flexibility index (Phi) is 5.73. The Morgan fingerprint density at radius 3 is 2.81 bits per heavy atom. The molecule has 2 aromatic heterocycles. The zero-order valence-corrected chi connectivity index (χ0v) is 17.2. The van der Waals surface area contributed by atoms with Crippen LogP contribution >= 0.6 is 0 Å². The third-order valence-electron chi connectivity index (χ3n) is 5.25. The van der Waals surface area contributed by atoms with Crippen LogP contribution < -0.4 is 4.74 Å². The summed E-state index contributed by atoms with van der Waals surface area (Å²) in [5.74, 6) is -1.25. The molecular formula is C23H22N2O6. The van der Waals surface area contributed by atoms with Gasteiger partial charge in [0.15, 0.2) is 22.9 Å². The summed E-state index contributed by atoms with van der Waals surface area (Å²) in [5.41, 5.74) is 1.01. The van der Waals surface area contributed by atoms with Crippen LogP contribution in [0.2, 0.25) is 0 Å². The number of fused-ring (bicyclic) bond motifs is 1. The van der Waals surface area contributed by atoms with Gasteiger partial charge in [-0.15, -0.1) is 0 Å². The smallest absolute Gasteiger partial charge is 0.290 e. The van der Waals surface area contributed by atoms with Crippen molar-refractivity contribution in [2.45, 2.75) is 12.5 Å². The van der Waals surface area contributed by atoms with Crippen molar-refractivity contribution in [1.82, 2.24) is 9.88 Å². The van der Waals surface area contributed by atoms with Gasteiger partial charge >= 0.3 is 0 Å². The quantitative estimate of drug-likeness (QED) is 0.438. The molecule has 31 heavy (non-hydrogen) atoms. The first-order valence-corrected chi connectivity index (χ1v) is 9.81. The van der Waals surface area contributed by atoms with Crippen molar-refractivity contribution in [3.05, 3.63) is 71.4 Å². The number of hydrogen-bond donors (Lipinski definition) is 1. The Morgan fingerprint density at radius 1 is 1.26 bits per heavy atom. The number of aromatic nitrogens is 1. The fraction of sp³-hybridized carbons (Fsp3) is 0.261. The number of benzene rings is 1. The highest BCUT2D eigenvalue weighted by molar-refractivity contribution is 6.16. The summed E-state index contributed by atoms with van der Waals surface area (Å²) in [4.78, 5) is 31.9. The molecule has 1 aliphatic heterocycles. The molecule has 160 valence electrons. The summed E-state index contributed by atoms with van der Waals surface area (Å²) < 4.78 is 16.2. The minimum atomic E-state index is -0.777. The first kappa shape index (κ1) is 20.6. The maximum atomic E-state index is 13.5. The van der Waals surface area contributed by atoms with E-state index < -0.39 is 23.5 Å². The second-order valence-electron chi connectivity index (χ2n) is 7.11. The Bertz CT molecular complexity index is 1150. The minimum Gasteiger partial charge on any atom is -0.503 e.